The van der Waals surface area contributed by atoms with E-state index in [1.807, 2.05) is 0 Å². The standard InChI is InChI=1S/C19H20ClN3O4S2/c1-22-16-10-7-14(12-17(16)28-19(22)25)21-18(24)4-3-11-23(29(2,26)27)15-8-5-13(20)6-9-15/h5-10,12H,3-4,11H2,1-2H3,(H,21,24). The van der Waals surface area contributed by atoms with Gasteiger partial charge in [-0.15, -0.1) is 0 Å². The minimum absolute atomic E-state index is 0.0634. The number of nitrogens with zero attached hydrogens (tertiary/aromatic N) is 2. The molecule has 0 saturated heterocycles. The van der Waals surface area contributed by atoms with Gasteiger partial charge in [-0.3, -0.25) is 13.9 Å². The van der Waals surface area contributed by atoms with Crippen LogP contribution in [0.15, 0.2) is 47.3 Å². The fourth-order valence-corrected chi connectivity index (χ4v) is 4.92. The second-order valence-corrected chi connectivity index (χ2v) is 9.91. The Bertz CT molecular complexity index is 1200. The third kappa shape index (κ3) is 5.17. The molecule has 1 N–H and O–H groups in total. The monoisotopic (exact) mass is 453 g/mol. The molecule has 0 fully saturated rings. The maximum Gasteiger partial charge on any atom is 0.307 e. The molecule has 10 heteroatoms. The Hall–Kier alpha value is -2.36. The van der Waals surface area contributed by atoms with Crippen molar-refractivity contribution in [3.63, 3.8) is 0 Å². The summed E-state index contributed by atoms with van der Waals surface area (Å²) in [6, 6.07) is 11.8. The number of aromatic nitrogens is 1. The molecule has 0 aliphatic carbocycles. The Morgan fingerprint density at radius 1 is 1.21 bits per heavy atom. The first-order chi connectivity index (χ1) is 13.6. The van der Waals surface area contributed by atoms with Crippen molar-refractivity contribution in [1.29, 1.82) is 0 Å². The Balaban J connectivity index is 1.62. The van der Waals surface area contributed by atoms with Crippen LogP contribution in [0, 0.1) is 0 Å². The predicted molar refractivity (Wildman–Crippen MR) is 119 cm³/mol. The van der Waals surface area contributed by atoms with Crippen LogP contribution >= 0.6 is 22.9 Å². The summed E-state index contributed by atoms with van der Waals surface area (Å²) in [5.41, 5.74) is 1.91. The van der Waals surface area contributed by atoms with Crippen LogP contribution in [-0.4, -0.2) is 31.7 Å². The fourth-order valence-electron chi connectivity index (χ4n) is 2.91. The summed E-state index contributed by atoms with van der Waals surface area (Å²) >= 11 is 6.98. The molecule has 154 valence electrons. The molecule has 0 atom stereocenters. The number of fused-ring (bicyclic) bond motifs is 1. The summed E-state index contributed by atoms with van der Waals surface area (Å²) in [7, 11) is -1.78. The van der Waals surface area contributed by atoms with E-state index in [2.05, 4.69) is 5.32 Å². The first-order valence-electron chi connectivity index (χ1n) is 8.78. The van der Waals surface area contributed by atoms with Gasteiger partial charge in [0.2, 0.25) is 15.9 Å². The summed E-state index contributed by atoms with van der Waals surface area (Å²) < 4.78 is 27.8. The third-order valence-electron chi connectivity index (χ3n) is 4.36. The normalized spacial score (nSPS) is 11.6. The predicted octanol–water partition coefficient (Wildman–Crippen LogP) is 3.44. The lowest BCUT2D eigenvalue weighted by atomic mass is 10.2. The number of carbonyl (C=O) groups excluding carboxylic acids is 1. The van der Waals surface area contributed by atoms with E-state index in [1.54, 1.807) is 54.1 Å². The number of benzene rings is 2. The van der Waals surface area contributed by atoms with Crippen LogP contribution in [0.5, 0.6) is 0 Å². The number of halogens is 1. The first-order valence-corrected chi connectivity index (χ1v) is 11.8. The molecule has 2 aromatic carbocycles. The van der Waals surface area contributed by atoms with Crippen molar-refractivity contribution in [1.82, 2.24) is 4.57 Å². The maximum atomic E-state index is 12.3. The van der Waals surface area contributed by atoms with Gasteiger partial charge in [-0.25, -0.2) is 8.42 Å². The lowest BCUT2D eigenvalue weighted by molar-refractivity contribution is -0.116. The molecule has 3 rings (SSSR count). The molecular formula is C19H20ClN3O4S2. The zero-order chi connectivity index (χ0) is 21.2. The lowest BCUT2D eigenvalue weighted by Gasteiger charge is -2.22. The number of thiazole rings is 1. The number of aryl methyl sites for hydroxylation is 1. The van der Waals surface area contributed by atoms with E-state index in [4.69, 9.17) is 11.6 Å². The molecule has 0 spiro atoms. The third-order valence-corrected chi connectivity index (χ3v) is 6.80. The molecule has 1 aromatic heterocycles. The number of anilines is 2. The highest BCUT2D eigenvalue weighted by molar-refractivity contribution is 7.92. The van der Waals surface area contributed by atoms with Crippen LogP contribution in [0.2, 0.25) is 5.02 Å². The van der Waals surface area contributed by atoms with Crippen LogP contribution in [-0.2, 0) is 21.9 Å². The molecular weight excluding hydrogens is 434 g/mol. The van der Waals surface area contributed by atoms with Gasteiger partial charge in [-0.05, 0) is 48.9 Å². The van der Waals surface area contributed by atoms with E-state index in [1.165, 1.54) is 4.31 Å². The molecule has 29 heavy (non-hydrogen) atoms. The van der Waals surface area contributed by atoms with Gasteiger partial charge in [-0.1, -0.05) is 22.9 Å². The second-order valence-electron chi connectivity index (χ2n) is 6.57. The largest absolute Gasteiger partial charge is 0.326 e. The number of nitrogens with one attached hydrogen (secondary N) is 1. The molecule has 0 unspecified atom stereocenters. The quantitative estimate of drug-likeness (QED) is 0.593. The number of hydrogen-bond donors (Lipinski definition) is 1. The van der Waals surface area contributed by atoms with Crippen LogP contribution in [0.25, 0.3) is 10.2 Å². The van der Waals surface area contributed by atoms with E-state index in [0.29, 0.717) is 22.8 Å². The zero-order valence-corrected chi connectivity index (χ0v) is 18.3. The minimum atomic E-state index is -3.49. The van der Waals surface area contributed by atoms with Gasteiger partial charge in [0, 0.05) is 30.7 Å². The van der Waals surface area contributed by atoms with E-state index in [0.717, 1.165) is 27.8 Å². The molecule has 0 saturated carbocycles. The fraction of sp³-hybridized carbons (Fsp3) is 0.263. The Kier molecular flexibility index (Phi) is 6.30. The Morgan fingerprint density at radius 3 is 2.55 bits per heavy atom. The SMILES string of the molecule is Cn1c(=O)sc2cc(NC(=O)CCCN(c3ccc(Cl)cc3)S(C)(=O)=O)ccc21. The van der Waals surface area contributed by atoms with Crippen LogP contribution < -0.4 is 14.5 Å². The number of hydrogen-bond acceptors (Lipinski definition) is 5. The van der Waals surface area contributed by atoms with Crippen molar-refractivity contribution < 1.29 is 13.2 Å². The topological polar surface area (TPSA) is 88.5 Å². The van der Waals surface area contributed by atoms with Crippen molar-refractivity contribution in [2.75, 3.05) is 22.4 Å². The number of carbonyl (C=O) groups is 1. The number of amides is 1. The van der Waals surface area contributed by atoms with E-state index in [9.17, 15) is 18.0 Å². The lowest BCUT2D eigenvalue weighted by Crippen LogP contribution is -2.31. The van der Waals surface area contributed by atoms with Crippen LogP contribution in [0.4, 0.5) is 11.4 Å². The van der Waals surface area contributed by atoms with Gasteiger partial charge >= 0.3 is 4.87 Å². The van der Waals surface area contributed by atoms with Gasteiger partial charge in [-0.2, -0.15) is 0 Å². The Morgan fingerprint density at radius 2 is 1.90 bits per heavy atom. The number of rotatable bonds is 7. The average Bonchev–Trinajstić information content (AvgIpc) is 2.92. The molecule has 0 aliphatic heterocycles. The van der Waals surface area contributed by atoms with Gasteiger partial charge in [0.1, 0.15) is 0 Å². The van der Waals surface area contributed by atoms with Crippen LogP contribution in [0.3, 0.4) is 0 Å². The van der Waals surface area contributed by atoms with Crippen molar-refractivity contribution >= 4 is 60.5 Å². The van der Waals surface area contributed by atoms with Crippen molar-refractivity contribution in [3.05, 3.63) is 57.2 Å². The first kappa shape index (κ1) is 21.4. The summed E-state index contributed by atoms with van der Waals surface area (Å²) in [5, 5.41) is 3.31. The summed E-state index contributed by atoms with van der Waals surface area (Å²) in [4.78, 5) is 23.9. The second kappa shape index (κ2) is 8.56. The maximum absolute atomic E-state index is 12.3. The minimum Gasteiger partial charge on any atom is -0.326 e. The van der Waals surface area contributed by atoms with E-state index in [-0.39, 0.29) is 23.7 Å². The van der Waals surface area contributed by atoms with Crippen molar-refractivity contribution in [2.24, 2.45) is 7.05 Å². The molecule has 1 heterocycles. The summed E-state index contributed by atoms with van der Waals surface area (Å²) in [6.45, 7) is 0.174. The number of sulfonamides is 1. The van der Waals surface area contributed by atoms with Gasteiger partial charge in [0.25, 0.3) is 0 Å². The Labute approximate surface area is 177 Å². The van der Waals surface area contributed by atoms with Gasteiger partial charge in [0.05, 0.1) is 22.2 Å². The molecule has 0 radical (unpaired) electrons. The highest BCUT2D eigenvalue weighted by Crippen LogP contribution is 2.22. The molecule has 3 aromatic rings. The molecule has 7 nitrogen and oxygen atoms in total. The average molecular weight is 454 g/mol. The highest BCUT2D eigenvalue weighted by Gasteiger charge is 2.17. The zero-order valence-electron chi connectivity index (χ0n) is 15.9. The van der Waals surface area contributed by atoms with E-state index >= 15 is 0 Å². The van der Waals surface area contributed by atoms with Crippen LogP contribution in [0.1, 0.15) is 12.8 Å². The van der Waals surface area contributed by atoms with Gasteiger partial charge in [0.15, 0.2) is 0 Å². The summed E-state index contributed by atoms with van der Waals surface area (Å²) in [6.07, 6.45) is 1.63. The summed E-state index contributed by atoms with van der Waals surface area (Å²) in [5.74, 6) is -0.225. The smallest absolute Gasteiger partial charge is 0.307 e. The molecule has 1 amide bonds. The van der Waals surface area contributed by atoms with Gasteiger partial charge < -0.3 is 9.88 Å². The highest BCUT2D eigenvalue weighted by atomic mass is 35.5. The van der Waals surface area contributed by atoms with E-state index < -0.39 is 10.0 Å². The van der Waals surface area contributed by atoms with Crippen molar-refractivity contribution in [3.8, 4) is 0 Å². The van der Waals surface area contributed by atoms with Crippen molar-refractivity contribution in [2.45, 2.75) is 12.8 Å². The molecule has 0 aliphatic rings. The molecule has 0 bridgehead atoms.